The van der Waals surface area contributed by atoms with Gasteiger partial charge in [-0.15, -0.1) is 5.10 Å². The van der Waals surface area contributed by atoms with E-state index in [2.05, 4.69) is 54.4 Å². The molecule has 0 fully saturated rings. The second-order valence-electron chi connectivity index (χ2n) is 4.57. The van der Waals surface area contributed by atoms with Gasteiger partial charge in [0.05, 0.1) is 16.7 Å². The van der Waals surface area contributed by atoms with Crippen LogP contribution in [0.25, 0.3) is 0 Å². The average Bonchev–Trinajstić information content (AvgIpc) is 2.89. The summed E-state index contributed by atoms with van der Waals surface area (Å²) in [4.78, 5) is 0. The Hall–Kier alpha value is -0.920. The first-order chi connectivity index (χ1) is 10.2. The van der Waals surface area contributed by atoms with Gasteiger partial charge >= 0.3 is 0 Å². The molecule has 0 spiro atoms. The van der Waals surface area contributed by atoms with Gasteiger partial charge in [-0.2, -0.15) is 0 Å². The molecule has 2 aromatic rings. The van der Waals surface area contributed by atoms with Crippen molar-refractivity contribution in [1.82, 2.24) is 20.3 Å². The number of hydrogen-bond donors (Lipinski definition) is 1. The van der Waals surface area contributed by atoms with E-state index in [-0.39, 0.29) is 0 Å². The Kier molecular flexibility index (Phi) is 6.66. The van der Waals surface area contributed by atoms with Crippen LogP contribution in [0.15, 0.2) is 33.3 Å². The van der Waals surface area contributed by atoms with Gasteiger partial charge < -0.3 is 10.1 Å². The Morgan fingerprint density at radius 1 is 1.33 bits per heavy atom. The Morgan fingerprint density at radius 3 is 2.95 bits per heavy atom. The molecule has 0 radical (unpaired) electrons. The topological polar surface area (TPSA) is 52.0 Å². The highest BCUT2D eigenvalue weighted by Gasteiger charge is 2.03. The Labute approximate surface area is 141 Å². The van der Waals surface area contributed by atoms with Crippen LogP contribution in [-0.2, 0) is 13.1 Å². The standard InChI is InChI=1S/C14H18Br2N4O/c1-2-5-17-9-12-10-20(19-18-12)6-7-21-14-4-3-11(15)8-13(14)16/h3-4,8,10,17H,2,5-7,9H2,1H3. The van der Waals surface area contributed by atoms with Crippen molar-refractivity contribution in [2.75, 3.05) is 13.2 Å². The van der Waals surface area contributed by atoms with Gasteiger partial charge in [-0.25, -0.2) is 4.68 Å². The first-order valence-corrected chi connectivity index (χ1v) is 8.45. The van der Waals surface area contributed by atoms with E-state index in [9.17, 15) is 0 Å². The van der Waals surface area contributed by atoms with Crippen molar-refractivity contribution in [3.63, 3.8) is 0 Å². The highest BCUT2D eigenvalue weighted by Crippen LogP contribution is 2.28. The first kappa shape index (κ1) is 16.5. The van der Waals surface area contributed by atoms with Gasteiger partial charge in [0.25, 0.3) is 0 Å². The SMILES string of the molecule is CCCNCc1cn(CCOc2ccc(Br)cc2Br)nn1. The number of rotatable bonds is 8. The predicted octanol–water partition coefficient (Wildman–Crippen LogP) is 3.38. The molecule has 5 nitrogen and oxygen atoms in total. The summed E-state index contributed by atoms with van der Waals surface area (Å²) in [6.45, 7) is 5.11. The Bertz CT molecular complexity index is 574. The third-order valence-electron chi connectivity index (χ3n) is 2.79. The minimum Gasteiger partial charge on any atom is -0.490 e. The molecule has 0 saturated carbocycles. The molecule has 7 heteroatoms. The molecule has 0 amide bonds. The van der Waals surface area contributed by atoms with E-state index in [1.807, 2.05) is 24.4 Å². The first-order valence-electron chi connectivity index (χ1n) is 6.86. The van der Waals surface area contributed by atoms with Crippen molar-refractivity contribution < 1.29 is 4.74 Å². The smallest absolute Gasteiger partial charge is 0.133 e. The third kappa shape index (κ3) is 5.41. The highest BCUT2D eigenvalue weighted by atomic mass is 79.9. The van der Waals surface area contributed by atoms with Crippen LogP contribution >= 0.6 is 31.9 Å². The summed E-state index contributed by atoms with van der Waals surface area (Å²) >= 11 is 6.89. The number of nitrogens with one attached hydrogen (secondary N) is 1. The summed E-state index contributed by atoms with van der Waals surface area (Å²) in [5.41, 5.74) is 0.952. The molecule has 0 aliphatic rings. The number of nitrogens with zero attached hydrogens (tertiary/aromatic N) is 3. The van der Waals surface area contributed by atoms with E-state index in [0.29, 0.717) is 13.2 Å². The minimum absolute atomic E-state index is 0.547. The van der Waals surface area contributed by atoms with Crippen molar-refractivity contribution >= 4 is 31.9 Å². The molecule has 1 aromatic heterocycles. The normalized spacial score (nSPS) is 10.8. The second-order valence-corrected chi connectivity index (χ2v) is 6.34. The van der Waals surface area contributed by atoms with Gasteiger partial charge in [0.2, 0.25) is 0 Å². The molecule has 1 aromatic carbocycles. The zero-order valence-electron chi connectivity index (χ0n) is 11.9. The molecule has 0 unspecified atom stereocenters. The van der Waals surface area contributed by atoms with Gasteiger partial charge in [0, 0.05) is 17.2 Å². The highest BCUT2D eigenvalue weighted by molar-refractivity contribution is 9.11. The summed E-state index contributed by atoms with van der Waals surface area (Å²) in [7, 11) is 0. The monoisotopic (exact) mass is 416 g/mol. The maximum absolute atomic E-state index is 5.73. The van der Waals surface area contributed by atoms with E-state index in [1.165, 1.54) is 0 Å². The van der Waals surface area contributed by atoms with E-state index in [0.717, 1.165) is 39.9 Å². The Balaban J connectivity index is 1.78. The van der Waals surface area contributed by atoms with E-state index in [1.54, 1.807) is 4.68 Å². The van der Waals surface area contributed by atoms with Crippen molar-refractivity contribution in [1.29, 1.82) is 0 Å². The maximum Gasteiger partial charge on any atom is 0.133 e. The fourth-order valence-corrected chi connectivity index (χ4v) is 2.92. The average molecular weight is 418 g/mol. The van der Waals surface area contributed by atoms with Crippen LogP contribution in [0.5, 0.6) is 5.75 Å². The molecule has 0 bridgehead atoms. The fourth-order valence-electron chi connectivity index (χ4n) is 1.76. The number of aromatic nitrogens is 3. The molecule has 0 aliphatic carbocycles. The molecular weight excluding hydrogens is 400 g/mol. The lowest BCUT2D eigenvalue weighted by molar-refractivity contribution is 0.288. The predicted molar refractivity (Wildman–Crippen MR) is 89.4 cm³/mol. The minimum atomic E-state index is 0.547. The van der Waals surface area contributed by atoms with E-state index < -0.39 is 0 Å². The van der Waals surface area contributed by atoms with E-state index >= 15 is 0 Å². The Morgan fingerprint density at radius 2 is 2.19 bits per heavy atom. The largest absolute Gasteiger partial charge is 0.490 e. The van der Waals surface area contributed by atoms with Gasteiger partial charge in [-0.05, 0) is 47.1 Å². The fraction of sp³-hybridized carbons (Fsp3) is 0.429. The van der Waals surface area contributed by atoms with Crippen LogP contribution in [-0.4, -0.2) is 28.1 Å². The molecule has 0 aliphatic heterocycles. The maximum atomic E-state index is 5.73. The summed E-state index contributed by atoms with van der Waals surface area (Å²) in [6.07, 6.45) is 3.06. The molecule has 1 heterocycles. The van der Waals surface area contributed by atoms with Gasteiger partial charge in [-0.1, -0.05) is 28.1 Å². The van der Waals surface area contributed by atoms with Crippen LogP contribution in [0.1, 0.15) is 19.0 Å². The molecule has 1 N–H and O–H groups in total. The number of ether oxygens (including phenoxy) is 1. The zero-order chi connectivity index (χ0) is 15.1. The van der Waals surface area contributed by atoms with Crippen LogP contribution in [0.4, 0.5) is 0 Å². The molecule has 0 saturated heterocycles. The molecule has 0 atom stereocenters. The van der Waals surface area contributed by atoms with Crippen molar-refractivity contribution in [3.05, 3.63) is 39.0 Å². The number of benzene rings is 1. The van der Waals surface area contributed by atoms with Gasteiger partial charge in [0.15, 0.2) is 0 Å². The number of halogens is 2. The molecule has 114 valence electrons. The summed E-state index contributed by atoms with van der Waals surface area (Å²) < 4.78 is 9.48. The summed E-state index contributed by atoms with van der Waals surface area (Å²) in [5, 5.41) is 11.5. The molecule has 2 rings (SSSR count). The van der Waals surface area contributed by atoms with Crippen molar-refractivity contribution in [2.24, 2.45) is 0 Å². The lowest BCUT2D eigenvalue weighted by Gasteiger charge is -2.08. The van der Waals surface area contributed by atoms with Crippen LogP contribution < -0.4 is 10.1 Å². The van der Waals surface area contributed by atoms with Gasteiger partial charge in [0.1, 0.15) is 12.4 Å². The van der Waals surface area contributed by atoms with Crippen molar-refractivity contribution in [3.8, 4) is 5.75 Å². The third-order valence-corrected chi connectivity index (χ3v) is 3.90. The van der Waals surface area contributed by atoms with Crippen LogP contribution in [0.2, 0.25) is 0 Å². The van der Waals surface area contributed by atoms with E-state index in [4.69, 9.17) is 4.74 Å². The molecular formula is C14H18Br2N4O. The van der Waals surface area contributed by atoms with Crippen LogP contribution in [0.3, 0.4) is 0 Å². The molecule has 21 heavy (non-hydrogen) atoms. The number of hydrogen-bond acceptors (Lipinski definition) is 4. The zero-order valence-corrected chi connectivity index (χ0v) is 15.0. The van der Waals surface area contributed by atoms with Gasteiger partial charge in [-0.3, -0.25) is 0 Å². The second kappa shape index (κ2) is 8.51. The van der Waals surface area contributed by atoms with Crippen LogP contribution in [0, 0.1) is 0 Å². The quantitative estimate of drug-likeness (QED) is 0.669. The summed E-state index contributed by atoms with van der Waals surface area (Å²) in [5.74, 6) is 0.822. The lowest BCUT2D eigenvalue weighted by atomic mass is 10.3. The van der Waals surface area contributed by atoms with Crippen molar-refractivity contribution in [2.45, 2.75) is 26.4 Å². The summed E-state index contributed by atoms with van der Waals surface area (Å²) in [6, 6.07) is 5.84. The lowest BCUT2D eigenvalue weighted by Crippen LogP contribution is -2.14.